The van der Waals surface area contributed by atoms with Crippen molar-refractivity contribution in [3.05, 3.63) is 59.6 Å². The predicted octanol–water partition coefficient (Wildman–Crippen LogP) is 4.57. The lowest BCUT2D eigenvalue weighted by Gasteiger charge is -2.11. The van der Waals surface area contributed by atoms with Crippen molar-refractivity contribution in [1.29, 1.82) is 0 Å². The molecule has 0 aliphatic heterocycles. The monoisotopic (exact) mass is 420 g/mol. The summed E-state index contributed by atoms with van der Waals surface area (Å²) in [5, 5.41) is 3.32. The van der Waals surface area contributed by atoms with Gasteiger partial charge in [0.05, 0.1) is 24.1 Å². The number of aromatic nitrogens is 4. The second-order valence-electron chi connectivity index (χ2n) is 7.13. The van der Waals surface area contributed by atoms with Crippen molar-refractivity contribution < 1.29 is 0 Å². The largest absolute Gasteiger partial charge is 0.341 e. The third-order valence-corrected chi connectivity index (χ3v) is 4.88. The van der Waals surface area contributed by atoms with Crippen molar-refractivity contribution in [2.24, 2.45) is 5.73 Å². The molecule has 0 bridgehead atoms. The minimum Gasteiger partial charge on any atom is -0.341 e. The summed E-state index contributed by atoms with van der Waals surface area (Å²) >= 11 is 0. The van der Waals surface area contributed by atoms with E-state index in [9.17, 15) is 0 Å². The van der Waals surface area contributed by atoms with Gasteiger partial charge in [0.1, 0.15) is 17.3 Å². The van der Waals surface area contributed by atoms with E-state index in [2.05, 4.69) is 56.2 Å². The molecule has 1 atom stereocenters. The van der Waals surface area contributed by atoms with Crippen LogP contribution in [0.4, 0.5) is 0 Å². The summed E-state index contributed by atoms with van der Waals surface area (Å²) in [4.78, 5) is 15.6. The van der Waals surface area contributed by atoms with Gasteiger partial charge in [-0.2, -0.15) is 0 Å². The quantitative estimate of drug-likeness (QED) is 0.301. The van der Waals surface area contributed by atoms with E-state index in [0.29, 0.717) is 0 Å². The maximum absolute atomic E-state index is 5.53. The second-order valence-corrected chi connectivity index (χ2v) is 7.13. The van der Waals surface area contributed by atoms with Crippen LogP contribution < -0.4 is 11.1 Å². The van der Waals surface area contributed by atoms with Crippen LogP contribution in [0.15, 0.2) is 36.7 Å². The van der Waals surface area contributed by atoms with Gasteiger partial charge in [-0.25, -0.2) is 9.97 Å². The van der Waals surface area contributed by atoms with Crippen LogP contribution in [0.3, 0.4) is 0 Å². The van der Waals surface area contributed by atoms with Gasteiger partial charge in [0.15, 0.2) is 0 Å². The van der Waals surface area contributed by atoms with Crippen molar-refractivity contribution in [3.8, 4) is 23.1 Å². The third kappa shape index (κ3) is 7.39. The molecule has 3 rings (SSSR count). The van der Waals surface area contributed by atoms with Gasteiger partial charge in [-0.15, -0.1) is 0 Å². The number of benzene rings is 1. The van der Waals surface area contributed by atoms with Crippen LogP contribution in [0.25, 0.3) is 11.3 Å². The molecular formula is C25H36N6. The summed E-state index contributed by atoms with van der Waals surface area (Å²) in [5.41, 5.74) is 9.45. The number of unbranched alkanes of at least 4 members (excludes halogenated alkanes) is 1. The first-order valence-electron chi connectivity index (χ1n) is 11.3. The van der Waals surface area contributed by atoms with Crippen molar-refractivity contribution in [3.63, 3.8) is 0 Å². The minimum atomic E-state index is 0.258. The number of hydrogen-bond acceptors (Lipinski definition) is 4. The first-order valence-corrected chi connectivity index (χ1v) is 11.3. The molecule has 0 spiro atoms. The zero-order valence-corrected chi connectivity index (χ0v) is 19.3. The molecule has 5 N–H and O–H groups in total. The second kappa shape index (κ2) is 13.4. The van der Waals surface area contributed by atoms with Gasteiger partial charge in [0.2, 0.25) is 0 Å². The number of nitrogens with one attached hydrogen (secondary N) is 3. The van der Waals surface area contributed by atoms with Crippen molar-refractivity contribution in [2.45, 2.75) is 58.9 Å². The molecule has 1 unspecified atom stereocenters. The topological polar surface area (TPSA) is 95.4 Å². The lowest BCUT2D eigenvalue weighted by molar-refractivity contribution is 0.518. The number of H-pyrrole nitrogens is 2. The lowest BCUT2D eigenvalue weighted by Crippen LogP contribution is -2.17. The molecule has 0 saturated heterocycles. The Morgan fingerprint density at radius 1 is 1.03 bits per heavy atom. The summed E-state index contributed by atoms with van der Waals surface area (Å²) in [5.74, 6) is 8.29. The molecule has 31 heavy (non-hydrogen) atoms. The molecule has 0 saturated carbocycles. The number of hydrogen-bond donors (Lipinski definition) is 4. The Balaban J connectivity index is 0.00000166. The molecule has 0 aliphatic carbocycles. The summed E-state index contributed by atoms with van der Waals surface area (Å²) in [6.45, 7) is 6.90. The van der Waals surface area contributed by atoms with E-state index in [1.165, 1.54) is 0 Å². The zero-order valence-electron chi connectivity index (χ0n) is 19.3. The SMILES string of the molecule is CC.CCCC(NC)c1ncc(-c2ccc(C#Cc3cnc(CCCCN)[nH]3)cc2)[nH]1. The Kier molecular flexibility index (Phi) is 10.6. The number of rotatable bonds is 9. The molecule has 0 aliphatic rings. The number of nitrogens with two attached hydrogens (primary N) is 1. The molecule has 0 amide bonds. The van der Waals surface area contributed by atoms with Crippen molar-refractivity contribution in [2.75, 3.05) is 13.6 Å². The first kappa shape index (κ1) is 24.4. The van der Waals surface area contributed by atoms with Crippen LogP contribution in [0.5, 0.6) is 0 Å². The smallest absolute Gasteiger partial charge is 0.123 e. The number of nitrogens with zero attached hydrogens (tertiary/aromatic N) is 2. The highest BCUT2D eigenvalue weighted by molar-refractivity contribution is 5.60. The van der Waals surface area contributed by atoms with E-state index in [0.717, 1.165) is 72.8 Å². The average Bonchev–Trinajstić information content (AvgIpc) is 3.48. The molecular weight excluding hydrogens is 384 g/mol. The molecule has 0 radical (unpaired) electrons. The molecule has 6 nitrogen and oxygen atoms in total. The Bertz CT molecular complexity index is 942. The average molecular weight is 421 g/mol. The van der Waals surface area contributed by atoms with E-state index < -0.39 is 0 Å². The van der Waals surface area contributed by atoms with Gasteiger partial charge in [0, 0.05) is 12.0 Å². The molecule has 2 aromatic heterocycles. The molecule has 2 heterocycles. The highest BCUT2D eigenvalue weighted by Gasteiger charge is 2.12. The molecule has 0 fully saturated rings. The molecule has 1 aromatic carbocycles. The van der Waals surface area contributed by atoms with Gasteiger partial charge in [-0.05, 0) is 56.5 Å². The van der Waals surface area contributed by atoms with E-state index >= 15 is 0 Å². The predicted molar refractivity (Wildman–Crippen MR) is 129 cm³/mol. The molecule has 3 aromatic rings. The Morgan fingerprint density at radius 3 is 2.48 bits per heavy atom. The van der Waals surface area contributed by atoms with Gasteiger partial charge < -0.3 is 21.0 Å². The third-order valence-electron chi connectivity index (χ3n) is 4.88. The van der Waals surface area contributed by atoms with Gasteiger partial charge in [0.25, 0.3) is 0 Å². The Hall–Kier alpha value is -2.88. The highest BCUT2D eigenvalue weighted by Crippen LogP contribution is 2.21. The fourth-order valence-electron chi connectivity index (χ4n) is 3.23. The highest BCUT2D eigenvalue weighted by atomic mass is 15.0. The number of aryl methyl sites for hydroxylation is 1. The fourth-order valence-corrected chi connectivity index (χ4v) is 3.23. The van der Waals surface area contributed by atoms with Gasteiger partial charge >= 0.3 is 0 Å². The van der Waals surface area contributed by atoms with Gasteiger partial charge in [-0.1, -0.05) is 45.2 Å². The number of imidazole rings is 2. The summed E-state index contributed by atoms with van der Waals surface area (Å²) in [6, 6.07) is 8.46. The van der Waals surface area contributed by atoms with Gasteiger partial charge in [-0.3, -0.25) is 0 Å². The summed E-state index contributed by atoms with van der Waals surface area (Å²) in [7, 11) is 1.97. The lowest BCUT2D eigenvalue weighted by atomic mass is 10.1. The van der Waals surface area contributed by atoms with Crippen molar-refractivity contribution >= 4 is 0 Å². The number of aromatic amines is 2. The minimum absolute atomic E-state index is 0.258. The zero-order chi connectivity index (χ0) is 22.5. The first-order chi connectivity index (χ1) is 15.2. The van der Waals surface area contributed by atoms with Crippen LogP contribution in [0.2, 0.25) is 0 Å². The summed E-state index contributed by atoms with van der Waals surface area (Å²) < 4.78 is 0. The Labute approximate surface area is 186 Å². The molecule has 6 heteroatoms. The van der Waals surface area contributed by atoms with E-state index in [1.807, 2.05) is 39.2 Å². The maximum atomic E-state index is 5.53. The normalized spacial score (nSPS) is 11.3. The van der Waals surface area contributed by atoms with E-state index in [4.69, 9.17) is 5.73 Å². The van der Waals surface area contributed by atoms with Crippen molar-refractivity contribution in [1.82, 2.24) is 25.3 Å². The molecule has 166 valence electrons. The van der Waals surface area contributed by atoms with Crippen LogP contribution in [0, 0.1) is 11.8 Å². The Morgan fingerprint density at radius 2 is 1.81 bits per heavy atom. The van der Waals surface area contributed by atoms with Crippen LogP contribution in [-0.4, -0.2) is 33.5 Å². The van der Waals surface area contributed by atoms with E-state index in [-0.39, 0.29) is 6.04 Å². The fraction of sp³-hybridized carbons (Fsp3) is 0.440. The summed E-state index contributed by atoms with van der Waals surface area (Å²) in [6.07, 6.45) is 8.82. The standard InChI is InChI=1S/C23H30N6.C2H6/c1-3-6-20(25-2)23-27-16-21(29-23)18-11-8-17(9-12-18)10-13-19-15-26-22(28-19)7-4-5-14-24;1-2/h8-9,11-12,15-16,20,25H,3-7,14,24H2,1-2H3,(H,26,28)(H,27,29);1-2H3. The van der Waals surface area contributed by atoms with Crippen LogP contribution in [0.1, 0.15) is 75.4 Å². The maximum Gasteiger partial charge on any atom is 0.123 e. The van der Waals surface area contributed by atoms with Crippen LogP contribution >= 0.6 is 0 Å². The van der Waals surface area contributed by atoms with E-state index in [1.54, 1.807) is 6.20 Å². The van der Waals surface area contributed by atoms with Crippen LogP contribution in [-0.2, 0) is 6.42 Å².